The first-order chi connectivity index (χ1) is 14.6. The highest BCUT2D eigenvalue weighted by molar-refractivity contribution is 7.14. The fraction of sp³-hybridized carbons (Fsp3) is 0.0952. The SMILES string of the molecule is CCc1nc(-c2ccccc2)c(Oc2ccnc(Nc3cc(C(N)=O)ccn3)n2)s1. The van der Waals surface area contributed by atoms with Crippen LogP contribution in [0.3, 0.4) is 0 Å². The number of nitrogens with zero attached hydrogens (tertiary/aromatic N) is 4. The van der Waals surface area contributed by atoms with Crippen LogP contribution < -0.4 is 15.8 Å². The van der Waals surface area contributed by atoms with Crippen molar-refractivity contribution in [3.63, 3.8) is 0 Å². The lowest BCUT2D eigenvalue weighted by atomic mass is 10.2. The van der Waals surface area contributed by atoms with Crippen LogP contribution in [-0.4, -0.2) is 25.8 Å². The van der Waals surface area contributed by atoms with Crippen LogP contribution in [0.25, 0.3) is 11.3 Å². The Labute approximate surface area is 176 Å². The predicted octanol–water partition coefficient (Wildman–Crippen LogP) is 4.19. The summed E-state index contributed by atoms with van der Waals surface area (Å²) in [5.41, 5.74) is 7.40. The van der Waals surface area contributed by atoms with E-state index in [-0.39, 0.29) is 5.95 Å². The highest BCUT2D eigenvalue weighted by Crippen LogP contribution is 2.38. The smallest absolute Gasteiger partial charge is 0.248 e. The lowest BCUT2D eigenvalue weighted by Gasteiger charge is -2.08. The van der Waals surface area contributed by atoms with Gasteiger partial charge in [-0.25, -0.2) is 15.0 Å². The van der Waals surface area contributed by atoms with Gasteiger partial charge < -0.3 is 15.8 Å². The number of carbonyl (C=O) groups is 1. The van der Waals surface area contributed by atoms with Gasteiger partial charge in [-0.05, 0) is 18.6 Å². The molecule has 0 aliphatic heterocycles. The van der Waals surface area contributed by atoms with Crippen LogP contribution in [0.5, 0.6) is 10.9 Å². The Morgan fingerprint density at radius 3 is 2.67 bits per heavy atom. The van der Waals surface area contributed by atoms with Gasteiger partial charge in [0.2, 0.25) is 22.8 Å². The fourth-order valence-corrected chi connectivity index (χ4v) is 3.55. The van der Waals surface area contributed by atoms with Gasteiger partial charge in [-0.2, -0.15) is 4.98 Å². The summed E-state index contributed by atoms with van der Waals surface area (Å²) in [5.74, 6) is 0.508. The molecule has 4 rings (SSSR count). The molecule has 1 amide bonds. The Bertz CT molecular complexity index is 1180. The van der Waals surface area contributed by atoms with Gasteiger partial charge in [0.1, 0.15) is 11.5 Å². The number of benzene rings is 1. The summed E-state index contributed by atoms with van der Waals surface area (Å²) in [6.45, 7) is 2.05. The summed E-state index contributed by atoms with van der Waals surface area (Å²) in [5, 5.41) is 4.59. The van der Waals surface area contributed by atoms with Gasteiger partial charge in [0, 0.05) is 29.6 Å². The van der Waals surface area contributed by atoms with Gasteiger partial charge in [-0.15, -0.1) is 0 Å². The van der Waals surface area contributed by atoms with Crippen molar-refractivity contribution in [3.05, 3.63) is 71.5 Å². The lowest BCUT2D eigenvalue weighted by molar-refractivity contribution is 0.1000. The van der Waals surface area contributed by atoms with E-state index in [0.29, 0.717) is 22.3 Å². The van der Waals surface area contributed by atoms with Crippen molar-refractivity contribution in [2.75, 3.05) is 5.32 Å². The number of pyridine rings is 1. The van der Waals surface area contributed by atoms with Crippen LogP contribution in [0.4, 0.5) is 11.8 Å². The molecule has 0 fully saturated rings. The van der Waals surface area contributed by atoms with E-state index in [2.05, 4.69) is 27.2 Å². The Kier molecular flexibility index (Phi) is 5.62. The van der Waals surface area contributed by atoms with E-state index >= 15 is 0 Å². The average molecular weight is 418 g/mol. The van der Waals surface area contributed by atoms with E-state index < -0.39 is 5.91 Å². The molecule has 0 atom stereocenters. The lowest BCUT2D eigenvalue weighted by Crippen LogP contribution is -2.11. The molecule has 9 heteroatoms. The largest absolute Gasteiger partial charge is 0.426 e. The number of hydrogen-bond donors (Lipinski definition) is 2. The molecule has 30 heavy (non-hydrogen) atoms. The number of amides is 1. The first kappa shape index (κ1) is 19.5. The highest BCUT2D eigenvalue weighted by Gasteiger charge is 2.15. The molecular weight excluding hydrogens is 400 g/mol. The zero-order valence-electron chi connectivity index (χ0n) is 16.1. The highest BCUT2D eigenvalue weighted by atomic mass is 32.1. The minimum atomic E-state index is -0.538. The molecule has 3 heterocycles. The van der Waals surface area contributed by atoms with E-state index in [1.54, 1.807) is 12.3 Å². The van der Waals surface area contributed by atoms with Crippen molar-refractivity contribution in [2.45, 2.75) is 13.3 Å². The van der Waals surface area contributed by atoms with E-state index in [9.17, 15) is 4.79 Å². The number of carbonyl (C=O) groups excluding carboxylic acids is 1. The third kappa shape index (κ3) is 4.41. The van der Waals surface area contributed by atoms with Gasteiger partial charge in [0.25, 0.3) is 0 Å². The van der Waals surface area contributed by atoms with Crippen molar-refractivity contribution in [1.82, 2.24) is 19.9 Å². The molecule has 0 spiro atoms. The number of anilines is 2. The van der Waals surface area contributed by atoms with Crippen molar-refractivity contribution in [2.24, 2.45) is 5.73 Å². The molecule has 150 valence electrons. The van der Waals surface area contributed by atoms with Gasteiger partial charge >= 0.3 is 0 Å². The van der Waals surface area contributed by atoms with Crippen molar-refractivity contribution >= 4 is 29.0 Å². The monoisotopic (exact) mass is 418 g/mol. The molecule has 0 radical (unpaired) electrons. The summed E-state index contributed by atoms with van der Waals surface area (Å²) in [6.07, 6.45) is 3.87. The number of nitrogens with two attached hydrogens (primary N) is 1. The Balaban J connectivity index is 1.59. The van der Waals surface area contributed by atoms with Crippen molar-refractivity contribution < 1.29 is 9.53 Å². The Morgan fingerprint density at radius 1 is 1.10 bits per heavy atom. The molecule has 0 bridgehead atoms. The van der Waals surface area contributed by atoms with E-state index in [0.717, 1.165) is 22.7 Å². The second kappa shape index (κ2) is 8.66. The Morgan fingerprint density at radius 2 is 1.90 bits per heavy atom. The molecule has 0 saturated heterocycles. The van der Waals surface area contributed by atoms with Crippen LogP contribution >= 0.6 is 11.3 Å². The average Bonchev–Trinajstić information content (AvgIpc) is 3.17. The summed E-state index contributed by atoms with van der Waals surface area (Å²) in [6, 6.07) is 14.6. The van der Waals surface area contributed by atoms with Crippen molar-refractivity contribution in [3.8, 4) is 22.2 Å². The molecule has 0 saturated carbocycles. The van der Waals surface area contributed by atoms with Crippen LogP contribution in [0.1, 0.15) is 22.3 Å². The molecule has 0 aliphatic rings. The standard InChI is InChI=1S/C21H18N6O2S/c1-2-17-27-18(13-6-4-3-5-7-13)20(30-17)29-16-9-11-24-21(26-16)25-15-12-14(19(22)28)8-10-23-15/h3-12H,2H2,1H3,(H2,22,28)(H,23,24,25,26). The molecule has 8 nitrogen and oxygen atoms in total. The molecule has 3 N–H and O–H groups in total. The zero-order chi connectivity index (χ0) is 20.9. The number of primary amides is 1. The van der Waals surface area contributed by atoms with Crippen LogP contribution in [-0.2, 0) is 6.42 Å². The van der Waals surface area contributed by atoms with E-state index in [4.69, 9.17) is 15.5 Å². The fourth-order valence-electron chi connectivity index (χ4n) is 2.67. The number of thiazole rings is 1. The second-order valence-electron chi connectivity index (χ2n) is 6.20. The maximum atomic E-state index is 11.3. The summed E-state index contributed by atoms with van der Waals surface area (Å²) >= 11 is 1.49. The molecule has 3 aromatic heterocycles. The second-order valence-corrected chi connectivity index (χ2v) is 7.25. The van der Waals surface area contributed by atoms with Gasteiger partial charge in [0.15, 0.2) is 0 Å². The minimum Gasteiger partial charge on any atom is -0.426 e. The normalized spacial score (nSPS) is 10.6. The minimum absolute atomic E-state index is 0.281. The number of hydrogen-bond acceptors (Lipinski definition) is 8. The van der Waals surface area contributed by atoms with Gasteiger partial charge in [-0.1, -0.05) is 48.6 Å². The summed E-state index contributed by atoms with van der Waals surface area (Å²) < 4.78 is 6.06. The first-order valence-electron chi connectivity index (χ1n) is 9.21. The van der Waals surface area contributed by atoms with E-state index in [1.807, 2.05) is 30.3 Å². The molecule has 4 aromatic rings. The first-order valence-corrected chi connectivity index (χ1v) is 10.0. The predicted molar refractivity (Wildman–Crippen MR) is 115 cm³/mol. The quantitative estimate of drug-likeness (QED) is 0.462. The van der Waals surface area contributed by atoms with Gasteiger partial charge in [0.05, 0.1) is 5.01 Å². The maximum Gasteiger partial charge on any atom is 0.248 e. The van der Waals surface area contributed by atoms with Crippen LogP contribution in [0.15, 0.2) is 60.9 Å². The number of nitrogens with one attached hydrogen (secondary N) is 1. The number of aromatic nitrogens is 4. The van der Waals surface area contributed by atoms with Crippen LogP contribution in [0.2, 0.25) is 0 Å². The molecular formula is C21H18N6O2S. The number of aryl methyl sites for hydroxylation is 1. The third-order valence-electron chi connectivity index (χ3n) is 4.10. The molecule has 0 unspecified atom stereocenters. The van der Waals surface area contributed by atoms with Crippen molar-refractivity contribution in [1.29, 1.82) is 0 Å². The number of rotatable bonds is 7. The maximum absolute atomic E-state index is 11.3. The topological polar surface area (TPSA) is 116 Å². The van der Waals surface area contributed by atoms with Gasteiger partial charge in [-0.3, -0.25) is 4.79 Å². The van der Waals surface area contributed by atoms with Crippen LogP contribution in [0, 0.1) is 0 Å². The molecule has 0 aliphatic carbocycles. The Hall–Kier alpha value is -3.85. The van der Waals surface area contributed by atoms with E-state index in [1.165, 1.54) is 29.7 Å². The number of ether oxygens (including phenoxy) is 1. The summed E-state index contributed by atoms with van der Waals surface area (Å²) in [7, 11) is 0. The third-order valence-corrected chi connectivity index (χ3v) is 5.18. The zero-order valence-corrected chi connectivity index (χ0v) is 16.9. The summed E-state index contributed by atoms with van der Waals surface area (Å²) in [4.78, 5) is 28.8. The molecule has 1 aromatic carbocycles.